The maximum absolute atomic E-state index is 13.5. The third-order valence-corrected chi connectivity index (χ3v) is 7.85. The van der Waals surface area contributed by atoms with Crippen molar-refractivity contribution < 1.29 is 38.5 Å². The highest BCUT2D eigenvalue weighted by atomic mass is 32.1. The van der Waals surface area contributed by atoms with Gasteiger partial charge in [-0.25, -0.2) is 14.6 Å². The molecule has 2 aliphatic rings. The summed E-state index contributed by atoms with van der Waals surface area (Å²) in [5.74, 6) is -2.62. The number of ether oxygens (including phenoxy) is 3. The minimum absolute atomic E-state index is 0.0203. The van der Waals surface area contributed by atoms with Gasteiger partial charge in [0.15, 0.2) is 5.13 Å². The fourth-order valence-corrected chi connectivity index (χ4v) is 5.85. The number of methoxy groups -OCH3 is 1. The summed E-state index contributed by atoms with van der Waals surface area (Å²) < 4.78 is 15.6. The van der Waals surface area contributed by atoms with Gasteiger partial charge in [-0.1, -0.05) is 23.5 Å². The van der Waals surface area contributed by atoms with Gasteiger partial charge in [0, 0.05) is 12.0 Å². The molecule has 1 saturated heterocycles. The minimum atomic E-state index is -1.09. The Balaban J connectivity index is 1.66. The van der Waals surface area contributed by atoms with E-state index in [4.69, 9.17) is 14.2 Å². The van der Waals surface area contributed by atoms with Crippen LogP contribution in [0.4, 0.5) is 5.13 Å². The zero-order valence-electron chi connectivity index (χ0n) is 22.2. The van der Waals surface area contributed by atoms with E-state index in [2.05, 4.69) is 4.98 Å². The summed E-state index contributed by atoms with van der Waals surface area (Å²) in [5, 5.41) is 11.6. The first kappa shape index (κ1) is 27.1. The molecule has 3 heterocycles. The molecule has 1 fully saturated rings. The summed E-state index contributed by atoms with van der Waals surface area (Å²) in [7, 11) is 1.26. The van der Waals surface area contributed by atoms with Crippen molar-refractivity contribution >= 4 is 45.9 Å². The SMILES string of the molecule is CCOC(=O)c1sc(N2C(=O)C(=O)C(=C(O)c3ccc4c(c3)C[C@@H](C)O4)[C@@H]2c2ccc(C(=O)OC)cc2)nc1C. The van der Waals surface area contributed by atoms with Crippen LogP contribution in [-0.2, 0) is 25.5 Å². The van der Waals surface area contributed by atoms with Gasteiger partial charge < -0.3 is 19.3 Å². The number of rotatable bonds is 6. The van der Waals surface area contributed by atoms with E-state index in [1.54, 1.807) is 44.2 Å². The van der Waals surface area contributed by atoms with E-state index in [1.807, 2.05) is 6.92 Å². The number of carbonyl (C=O) groups is 4. The molecule has 40 heavy (non-hydrogen) atoms. The number of aromatic nitrogens is 1. The predicted octanol–water partition coefficient (Wildman–Crippen LogP) is 4.36. The van der Waals surface area contributed by atoms with Crippen molar-refractivity contribution in [2.24, 2.45) is 0 Å². The van der Waals surface area contributed by atoms with E-state index in [0.29, 0.717) is 29.0 Å². The Morgan fingerprint density at radius 1 is 1.12 bits per heavy atom. The molecular weight excluding hydrogens is 536 g/mol. The second-order valence-corrected chi connectivity index (χ2v) is 10.3. The van der Waals surface area contributed by atoms with Gasteiger partial charge in [-0.05, 0) is 62.2 Å². The van der Waals surface area contributed by atoms with Gasteiger partial charge in [0.2, 0.25) is 0 Å². The Kier molecular flexibility index (Phi) is 7.16. The predicted molar refractivity (Wildman–Crippen MR) is 146 cm³/mol. The lowest BCUT2D eigenvalue weighted by molar-refractivity contribution is -0.132. The van der Waals surface area contributed by atoms with E-state index in [-0.39, 0.29) is 39.6 Å². The molecule has 0 spiro atoms. The van der Waals surface area contributed by atoms with Gasteiger partial charge >= 0.3 is 17.8 Å². The van der Waals surface area contributed by atoms with Crippen LogP contribution in [0.1, 0.15) is 62.3 Å². The largest absolute Gasteiger partial charge is 0.507 e. The fourth-order valence-electron chi connectivity index (χ4n) is 4.86. The first-order chi connectivity index (χ1) is 19.1. The lowest BCUT2D eigenvalue weighted by Crippen LogP contribution is -2.29. The summed E-state index contributed by atoms with van der Waals surface area (Å²) >= 11 is 0.919. The molecule has 0 unspecified atom stereocenters. The van der Waals surface area contributed by atoms with Crippen molar-refractivity contribution in [3.05, 3.63) is 80.9 Å². The average molecular weight is 563 g/mol. The molecule has 2 aromatic carbocycles. The molecule has 2 atom stereocenters. The lowest BCUT2D eigenvalue weighted by Gasteiger charge is -2.23. The number of anilines is 1. The van der Waals surface area contributed by atoms with Crippen molar-refractivity contribution in [3.63, 3.8) is 0 Å². The second kappa shape index (κ2) is 10.6. The molecule has 1 aromatic heterocycles. The number of benzene rings is 2. The Labute approximate surface area is 233 Å². The number of aliphatic hydroxyl groups excluding tert-OH is 1. The van der Waals surface area contributed by atoms with Crippen molar-refractivity contribution in [2.45, 2.75) is 39.3 Å². The first-order valence-corrected chi connectivity index (χ1v) is 13.4. The summed E-state index contributed by atoms with van der Waals surface area (Å²) in [6, 6.07) is 10.2. The van der Waals surface area contributed by atoms with Gasteiger partial charge in [0.05, 0.1) is 36.6 Å². The van der Waals surface area contributed by atoms with Crippen molar-refractivity contribution in [3.8, 4) is 5.75 Å². The number of Topliss-reactive ketones (excluding diaryl/α,β-unsaturated/α-hetero) is 1. The lowest BCUT2D eigenvalue weighted by atomic mass is 9.94. The smallest absolute Gasteiger partial charge is 0.350 e. The van der Waals surface area contributed by atoms with Crippen LogP contribution in [0.2, 0.25) is 0 Å². The third kappa shape index (κ3) is 4.62. The highest BCUT2D eigenvalue weighted by Gasteiger charge is 2.48. The van der Waals surface area contributed by atoms with Crippen molar-refractivity contribution in [1.29, 1.82) is 0 Å². The molecule has 206 valence electrons. The highest BCUT2D eigenvalue weighted by molar-refractivity contribution is 7.17. The Bertz CT molecular complexity index is 1570. The van der Waals surface area contributed by atoms with Crippen molar-refractivity contribution in [1.82, 2.24) is 4.98 Å². The molecule has 0 bridgehead atoms. The zero-order chi connectivity index (χ0) is 28.7. The molecule has 0 radical (unpaired) electrons. The third-order valence-electron chi connectivity index (χ3n) is 6.71. The highest BCUT2D eigenvalue weighted by Crippen LogP contribution is 2.44. The maximum Gasteiger partial charge on any atom is 0.350 e. The van der Waals surface area contributed by atoms with Crippen LogP contribution in [0.15, 0.2) is 48.0 Å². The minimum Gasteiger partial charge on any atom is -0.507 e. The van der Waals surface area contributed by atoms with Crippen LogP contribution in [0.25, 0.3) is 5.76 Å². The average Bonchev–Trinajstić information content (AvgIpc) is 3.59. The van der Waals surface area contributed by atoms with E-state index in [0.717, 1.165) is 16.9 Å². The number of esters is 2. The number of nitrogens with zero attached hydrogens (tertiary/aromatic N) is 2. The molecule has 1 amide bonds. The number of fused-ring (bicyclic) bond motifs is 1. The molecule has 0 saturated carbocycles. The topological polar surface area (TPSA) is 132 Å². The van der Waals surface area contributed by atoms with E-state index >= 15 is 0 Å². The number of carbonyl (C=O) groups excluding carboxylic acids is 4. The molecular formula is C29H26N2O8S. The monoisotopic (exact) mass is 562 g/mol. The fraction of sp³-hybridized carbons (Fsp3) is 0.276. The molecule has 10 nitrogen and oxygen atoms in total. The normalized spacial score (nSPS) is 19.4. The number of hydrogen-bond acceptors (Lipinski definition) is 10. The van der Waals surface area contributed by atoms with E-state index in [9.17, 15) is 24.3 Å². The standard InChI is InChI=1S/C29H26N2O8S/c1-5-38-28(36)25-15(3)30-29(40-25)31-22(16-6-8-17(9-7-16)27(35)37-4)21(24(33)26(31)34)23(32)18-10-11-20-19(13-18)12-14(2)39-20/h6-11,13-14,22,32H,5,12H2,1-4H3/t14-,22+/m1/s1. The second-order valence-electron chi connectivity index (χ2n) is 9.37. The van der Waals surface area contributed by atoms with E-state index in [1.165, 1.54) is 24.1 Å². The first-order valence-electron chi connectivity index (χ1n) is 12.6. The summed E-state index contributed by atoms with van der Waals surface area (Å²) in [6.07, 6.45) is 0.617. The van der Waals surface area contributed by atoms with Gasteiger partial charge in [-0.3, -0.25) is 14.5 Å². The van der Waals surface area contributed by atoms with Crippen LogP contribution in [0.3, 0.4) is 0 Å². The van der Waals surface area contributed by atoms with Gasteiger partial charge in [-0.2, -0.15) is 0 Å². The summed E-state index contributed by atoms with van der Waals surface area (Å²) in [5.41, 5.74) is 2.14. The number of amides is 1. The van der Waals surface area contributed by atoms with Crippen LogP contribution < -0.4 is 9.64 Å². The van der Waals surface area contributed by atoms with Gasteiger partial charge in [0.25, 0.3) is 5.78 Å². The maximum atomic E-state index is 13.5. The molecule has 5 rings (SSSR count). The zero-order valence-corrected chi connectivity index (χ0v) is 23.0. The van der Waals surface area contributed by atoms with Crippen LogP contribution in [0.5, 0.6) is 5.75 Å². The molecule has 1 N–H and O–H groups in total. The molecule has 0 aliphatic carbocycles. The number of thiazole rings is 1. The quantitative estimate of drug-likeness (QED) is 0.201. The summed E-state index contributed by atoms with van der Waals surface area (Å²) in [4.78, 5) is 57.3. The van der Waals surface area contributed by atoms with Crippen LogP contribution >= 0.6 is 11.3 Å². The Morgan fingerprint density at radius 2 is 1.82 bits per heavy atom. The van der Waals surface area contributed by atoms with Gasteiger partial charge in [-0.15, -0.1) is 0 Å². The Hall–Kier alpha value is -4.51. The number of hydrogen-bond donors (Lipinski definition) is 1. The number of aryl methyl sites for hydroxylation is 1. The number of aliphatic hydroxyl groups is 1. The van der Waals surface area contributed by atoms with Crippen LogP contribution in [0, 0.1) is 6.92 Å². The molecule has 3 aromatic rings. The number of ketones is 1. The molecule has 11 heteroatoms. The van der Waals surface area contributed by atoms with Gasteiger partial charge in [0.1, 0.15) is 22.5 Å². The molecule has 2 aliphatic heterocycles. The van der Waals surface area contributed by atoms with E-state index < -0.39 is 29.7 Å². The summed E-state index contributed by atoms with van der Waals surface area (Å²) in [6.45, 7) is 5.38. The Morgan fingerprint density at radius 3 is 2.50 bits per heavy atom. The van der Waals surface area contributed by atoms with Crippen LogP contribution in [-0.4, -0.2) is 53.5 Å². The van der Waals surface area contributed by atoms with Crippen molar-refractivity contribution in [2.75, 3.05) is 18.6 Å².